The number of carbonyl (C=O) groups excluding carboxylic acids is 2. The summed E-state index contributed by atoms with van der Waals surface area (Å²) in [6, 6.07) is 7.80. The summed E-state index contributed by atoms with van der Waals surface area (Å²) in [5.74, 6) is -1.55. The number of carboxylic acid groups (broad SMARTS) is 1. The molecule has 14 nitrogen and oxygen atoms in total. The first-order valence-electron chi connectivity index (χ1n) is 13.9. The first kappa shape index (κ1) is 36.7. The predicted molar refractivity (Wildman–Crippen MR) is 154 cm³/mol. The van der Waals surface area contributed by atoms with E-state index in [0.717, 1.165) is 18.4 Å². The van der Waals surface area contributed by atoms with Gasteiger partial charge in [0.2, 0.25) is 5.96 Å². The van der Waals surface area contributed by atoms with Crippen LogP contribution in [0.3, 0.4) is 0 Å². The smallest absolute Gasteiger partial charge is 0.480 e. The van der Waals surface area contributed by atoms with E-state index in [4.69, 9.17) is 33.7 Å². The molecule has 0 radical (unpaired) electrons. The van der Waals surface area contributed by atoms with Gasteiger partial charge in [-0.15, -0.1) is 4.76 Å². The van der Waals surface area contributed by atoms with Crippen LogP contribution in [0.2, 0.25) is 0 Å². The lowest BCUT2D eigenvalue weighted by Crippen LogP contribution is -2.47. The minimum absolute atomic E-state index is 0.0732. The first-order chi connectivity index (χ1) is 20.1. The van der Waals surface area contributed by atoms with Gasteiger partial charge in [0.15, 0.2) is 0 Å². The van der Waals surface area contributed by atoms with Crippen molar-refractivity contribution in [2.45, 2.75) is 64.8 Å². The van der Waals surface area contributed by atoms with Gasteiger partial charge in [-0.25, -0.2) is 18.9 Å². The molecule has 0 fully saturated rings. The van der Waals surface area contributed by atoms with Crippen LogP contribution in [-0.2, 0) is 43.8 Å². The summed E-state index contributed by atoms with van der Waals surface area (Å²) in [7, 11) is -2.86. The Morgan fingerprint density at radius 1 is 0.833 bits per heavy atom. The summed E-state index contributed by atoms with van der Waals surface area (Å²) in [6.07, 6.45) is 1.90. The standard InChI is InChI=1S/C27H44N3O11P/c1-4-6-15-36-26(33)38-17-11-19-40-42(35,41-20-12-18-39-27(34)37-16-7-5-2)29-25(28)30(3)23(24(31)32)21-22-13-9-8-10-14-22/h8-10,13-14,23H,4-7,11-12,15-21H2,1-3H3,(H,31,32)(H2,28,29,35). The number of benzene rings is 1. The number of nitrogens with two attached hydrogens (primary N) is 1. The van der Waals surface area contributed by atoms with E-state index in [2.05, 4.69) is 4.76 Å². The zero-order valence-corrected chi connectivity index (χ0v) is 25.5. The van der Waals surface area contributed by atoms with Crippen molar-refractivity contribution in [2.75, 3.05) is 46.7 Å². The number of nitrogens with zero attached hydrogens (tertiary/aromatic N) is 2. The molecule has 0 saturated heterocycles. The number of carbonyl (C=O) groups is 3. The molecule has 0 aliphatic rings. The summed E-state index contributed by atoms with van der Waals surface area (Å²) < 4.78 is 47.9. The quantitative estimate of drug-likeness (QED) is 0.0633. The molecule has 238 valence electrons. The number of aliphatic carboxylic acids is 1. The normalized spacial score (nSPS) is 12.3. The Bertz CT molecular complexity index is 974. The summed E-state index contributed by atoms with van der Waals surface area (Å²) in [6.45, 7) is 3.89. The Hall–Kier alpha value is -3.35. The van der Waals surface area contributed by atoms with Crippen LogP contribution >= 0.6 is 7.75 Å². The van der Waals surface area contributed by atoms with Crippen molar-refractivity contribution in [3.05, 3.63) is 35.9 Å². The van der Waals surface area contributed by atoms with Gasteiger partial charge in [0.25, 0.3) is 0 Å². The maximum absolute atomic E-state index is 13.5. The van der Waals surface area contributed by atoms with Gasteiger partial charge in [-0.3, -0.25) is 9.05 Å². The van der Waals surface area contributed by atoms with Crippen LogP contribution in [0, 0.1) is 0 Å². The number of hydrogen-bond acceptors (Lipinski definition) is 10. The number of ether oxygens (including phenoxy) is 4. The van der Waals surface area contributed by atoms with E-state index in [0.29, 0.717) is 12.8 Å². The van der Waals surface area contributed by atoms with E-state index >= 15 is 0 Å². The predicted octanol–water partition coefficient (Wildman–Crippen LogP) is 4.76. The summed E-state index contributed by atoms with van der Waals surface area (Å²) in [5.41, 5.74) is 6.81. The van der Waals surface area contributed by atoms with Crippen molar-refractivity contribution in [1.82, 2.24) is 4.90 Å². The molecule has 3 N–H and O–H groups in total. The molecule has 0 aliphatic heterocycles. The maximum Gasteiger partial charge on any atom is 0.508 e. The Balaban J connectivity index is 2.81. The molecule has 0 spiro atoms. The van der Waals surface area contributed by atoms with Crippen molar-refractivity contribution < 1.29 is 52.1 Å². The van der Waals surface area contributed by atoms with Gasteiger partial charge in [-0.2, -0.15) is 0 Å². The molecule has 0 aliphatic carbocycles. The fourth-order valence-electron chi connectivity index (χ4n) is 3.15. The van der Waals surface area contributed by atoms with Crippen LogP contribution in [0.15, 0.2) is 35.1 Å². The highest BCUT2D eigenvalue weighted by Gasteiger charge is 2.30. The van der Waals surface area contributed by atoms with Crippen molar-refractivity contribution in [1.29, 1.82) is 0 Å². The Morgan fingerprint density at radius 2 is 1.29 bits per heavy atom. The van der Waals surface area contributed by atoms with E-state index < -0.39 is 32.1 Å². The Kier molecular flexibility index (Phi) is 18.7. The van der Waals surface area contributed by atoms with Crippen LogP contribution in [0.5, 0.6) is 0 Å². The number of hydrogen-bond donors (Lipinski definition) is 2. The lowest BCUT2D eigenvalue weighted by molar-refractivity contribution is -0.141. The first-order valence-corrected chi connectivity index (χ1v) is 15.4. The zero-order chi connectivity index (χ0) is 31.2. The van der Waals surface area contributed by atoms with E-state index in [1.807, 2.05) is 19.9 Å². The van der Waals surface area contributed by atoms with Gasteiger partial charge in [-0.1, -0.05) is 57.0 Å². The van der Waals surface area contributed by atoms with E-state index in [1.54, 1.807) is 24.3 Å². The molecule has 1 rings (SSSR count). The number of unbranched alkanes of at least 4 members (excludes halogenated alkanes) is 2. The fourth-order valence-corrected chi connectivity index (χ4v) is 4.45. The van der Waals surface area contributed by atoms with E-state index in [9.17, 15) is 24.1 Å². The fraction of sp³-hybridized carbons (Fsp3) is 0.630. The van der Waals surface area contributed by atoms with Crippen LogP contribution < -0.4 is 5.73 Å². The highest BCUT2D eigenvalue weighted by atomic mass is 31.2. The molecule has 1 atom stereocenters. The SMILES string of the molecule is CCCCOC(=O)OCCCOP(=O)(N=C(N)N(C)C(Cc1ccccc1)C(=O)O)OCCCOC(=O)OCCCC. The number of carboxylic acids is 1. The second-order valence-electron chi connectivity index (χ2n) is 9.06. The molecular formula is C27H44N3O11P. The molecule has 1 aromatic carbocycles. The third-order valence-electron chi connectivity index (χ3n) is 5.57. The molecule has 1 unspecified atom stereocenters. The van der Waals surface area contributed by atoms with Gasteiger partial charge in [-0.05, 0) is 18.4 Å². The van der Waals surface area contributed by atoms with Gasteiger partial charge in [0.1, 0.15) is 6.04 Å². The number of guanidine groups is 1. The van der Waals surface area contributed by atoms with Crippen LogP contribution in [0.4, 0.5) is 9.59 Å². The van der Waals surface area contributed by atoms with Crippen molar-refractivity contribution >= 4 is 32.0 Å². The topological polar surface area (TPSA) is 186 Å². The number of likely N-dealkylation sites (N-methyl/N-ethyl adjacent to an activating group) is 1. The van der Waals surface area contributed by atoms with Crippen LogP contribution in [-0.4, -0.2) is 87.0 Å². The van der Waals surface area contributed by atoms with Gasteiger partial charge in [0.05, 0.1) is 39.6 Å². The minimum atomic E-state index is -4.27. The average Bonchev–Trinajstić information content (AvgIpc) is 2.96. The average molecular weight is 618 g/mol. The number of rotatable bonds is 21. The van der Waals surface area contributed by atoms with E-state index in [1.165, 1.54) is 11.9 Å². The van der Waals surface area contributed by atoms with Crippen molar-refractivity contribution in [3.8, 4) is 0 Å². The highest BCUT2D eigenvalue weighted by molar-refractivity contribution is 7.52. The third kappa shape index (κ3) is 16.2. The molecule has 0 heterocycles. The third-order valence-corrected chi connectivity index (χ3v) is 7.04. The van der Waals surface area contributed by atoms with Crippen molar-refractivity contribution in [3.63, 3.8) is 0 Å². The van der Waals surface area contributed by atoms with Crippen LogP contribution in [0.25, 0.3) is 0 Å². The second kappa shape index (κ2) is 21.4. The monoisotopic (exact) mass is 617 g/mol. The van der Waals surface area contributed by atoms with Crippen LogP contribution in [0.1, 0.15) is 57.9 Å². The van der Waals surface area contributed by atoms with Crippen molar-refractivity contribution in [2.24, 2.45) is 10.5 Å². The molecule has 42 heavy (non-hydrogen) atoms. The molecular weight excluding hydrogens is 573 g/mol. The Labute approximate surface area is 247 Å². The summed E-state index contributed by atoms with van der Waals surface area (Å²) in [5, 5.41) is 9.79. The molecule has 0 amide bonds. The second-order valence-corrected chi connectivity index (χ2v) is 10.7. The van der Waals surface area contributed by atoms with Gasteiger partial charge < -0.3 is 34.7 Å². The molecule has 15 heteroatoms. The molecule has 0 aromatic heterocycles. The van der Waals surface area contributed by atoms with E-state index in [-0.39, 0.29) is 64.9 Å². The molecule has 1 aromatic rings. The lowest BCUT2D eigenvalue weighted by atomic mass is 10.1. The summed E-state index contributed by atoms with van der Waals surface area (Å²) >= 11 is 0. The largest absolute Gasteiger partial charge is 0.508 e. The molecule has 0 saturated carbocycles. The van der Waals surface area contributed by atoms with Gasteiger partial charge >= 0.3 is 26.0 Å². The summed E-state index contributed by atoms with van der Waals surface area (Å²) in [4.78, 5) is 36.3. The zero-order valence-electron chi connectivity index (χ0n) is 24.6. The highest BCUT2D eigenvalue weighted by Crippen LogP contribution is 2.50. The maximum atomic E-state index is 13.5. The minimum Gasteiger partial charge on any atom is -0.480 e. The Morgan fingerprint density at radius 3 is 1.71 bits per heavy atom. The lowest BCUT2D eigenvalue weighted by Gasteiger charge is -2.26. The molecule has 0 bridgehead atoms. The van der Waals surface area contributed by atoms with Gasteiger partial charge in [0, 0.05) is 26.3 Å².